The quantitative estimate of drug-likeness (QED) is 0.0938. The third kappa shape index (κ3) is 10.0. The Balaban J connectivity index is 1.35. The molecule has 6 aromatic carbocycles. The molecule has 36 heteroatoms. The van der Waals surface area contributed by atoms with E-state index in [-0.39, 0.29) is 72.8 Å². The average Bonchev–Trinajstić information content (AvgIpc) is 1.59. The number of hydrogen-bond donors (Lipinski definition) is 0. The van der Waals surface area contributed by atoms with Crippen molar-refractivity contribution in [3.05, 3.63) is 247 Å². The van der Waals surface area contributed by atoms with Gasteiger partial charge in [0.05, 0.1) is 66.8 Å². The van der Waals surface area contributed by atoms with Crippen LogP contribution in [0.15, 0.2) is 99.3 Å². The fraction of sp³-hybridized carbons (Fsp3) is 0. The molecule has 0 unspecified atom stereocenters. The molecular formula is C66H12F30O6. The molecule has 0 fully saturated rings. The van der Waals surface area contributed by atoms with Crippen LogP contribution in [0.2, 0.25) is 0 Å². The first-order valence-corrected chi connectivity index (χ1v) is 27.1. The zero-order valence-electron chi connectivity index (χ0n) is 47.7. The lowest BCUT2D eigenvalue weighted by molar-refractivity contribution is 0.381. The van der Waals surface area contributed by atoms with Gasteiger partial charge in [-0.25, -0.2) is 132 Å². The predicted octanol–water partition coefficient (Wildman–Crippen LogP) is 23.7. The van der Waals surface area contributed by atoms with Crippen molar-refractivity contribution in [2.24, 2.45) is 0 Å². The molecule has 0 aliphatic carbocycles. The van der Waals surface area contributed by atoms with Crippen molar-refractivity contribution in [2.75, 3.05) is 0 Å². The van der Waals surface area contributed by atoms with E-state index in [1.54, 1.807) is 0 Å². The van der Waals surface area contributed by atoms with E-state index in [9.17, 15) is 26.3 Å². The number of halogens is 30. The first-order chi connectivity index (χ1) is 48.1. The summed E-state index contributed by atoms with van der Waals surface area (Å²) in [5.41, 5.74) is -43.7. The summed E-state index contributed by atoms with van der Waals surface area (Å²) in [6.45, 7) is 0. The van der Waals surface area contributed by atoms with Crippen molar-refractivity contribution >= 4 is 67.0 Å². The van der Waals surface area contributed by atoms with Gasteiger partial charge in [0.15, 0.2) is 140 Å². The van der Waals surface area contributed by atoms with E-state index in [0.29, 0.717) is 0 Å². The Morgan fingerprint density at radius 1 is 0.0980 bits per heavy atom. The van der Waals surface area contributed by atoms with E-state index in [1.807, 2.05) is 0 Å². The molecule has 13 aromatic rings. The van der Waals surface area contributed by atoms with E-state index in [2.05, 4.69) is 0 Å². The van der Waals surface area contributed by atoms with Crippen LogP contribution in [0, 0.1) is 175 Å². The molecule has 0 saturated carbocycles. The van der Waals surface area contributed by atoms with Crippen molar-refractivity contribution in [3.8, 4) is 66.8 Å². The van der Waals surface area contributed by atoms with Crippen LogP contribution in [0.1, 0.15) is 0 Å². The summed E-state index contributed by atoms with van der Waals surface area (Å²) in [6.07, 6.45) is 0. The Morgan fingerprint density at radius 2 is 0.167 bits per heavy atom. The molecule has 7 aromatic heterocycles. The molecule has 0 spiro atoms. The average molecular weight is 1470 g/mol. The number of rotatable bonds is 6. The van der Waals surface area contributed by atoms with Gasteiger partial charge in [0.1, 0.15) is 67.0 Å². The van der Waals surface area contributed by atoms with Crippen molar-refractivity contribution in [1.82, 2.24) is 0 Å². The summed E-state index contributed by atoms with van der Waals surface area (Å²) in [4.78, 5) is 0. The molecular weight excluding hydrogens is 1460 g/mol. The fourth-order valence-corrected chi connectivity index (χ4v) is 10.8. The molecule has 0 aliphatic heterocycles. The van der Waals surface area contributed by atoms with Crippen LogP contribution in [-0.4, -0.2) is 0 Å². The zero-order chi connectivity index (χ0) is 73.9. The second kappa shape index (κ2) is 24.5. The molecule has 0 saturated heterocycles. The minimum Gasteiger partial charge on any atom is -0.456 e. The highest BCUT2D eigenvalue weighted by atomic mass is 19.2. The van der Waals surface area contributed by atoms with Gasteiger partial charge in [-0.3, -0.25) is 0 Å². The molecule has 0 atom stereocenters. The van der Waals surface area contributed by atoms with Gasteiger partial charge in [0.2, 0.25) is 34.9 Å². The van der Waals surface area contributed by atoms with Crippen LogP contribution < -0.4 is 0 Å². The van der Waals surface area contributed by atoms with E-state index in [1.165, 1.54) is 0 Å². The van der Waals surface area contributed by atoms with Crippen molar-refractivity contribution < 1.29 is 158 Å². The molecule has 7 heterocycles. The summed E-state index contributed by atoms with van der Waals surface area (Å²) in [7, 11) is 0. The molecule has 522 valence electrons. The first-order valence-electron chi connectivity index (χ1n) is 27.1. The van der Waals surface area contributed by atoms with E-state index in [4.69, 9.17) is 26.5 Å². The molecule has 0 aliphatic rings. The van der Waals surface area contributed by atoms with E-state index >= 15 is 105 Å². The summed E-state index contributed by atoms with van der Waals surface area (Å²) in [6, 6.07) is 2.69. The van der Waals surface area contributed by atoms with Gasteiger partial charge in [-0.15, -0.1) is 0 Å². The Kier molecular flexibility index (Phi) is 16.5. The predicted molar refractivity (Wildman–Crippen MR) is 289 cm³/mol. The van der Waals surface area contributed by atoms with Gasteiger partial charge < -0.3 is 26.5 Å². The van der Waals surface area contributed by atoms with Crippen LogP contribution in [0.5, 0.6) is 0 Å². The van der Waals surface area contributed by atoms with Crippen LogP contribution in [0.4, 0.5) is 132 Å². The Bertz CT molecular complexity index is 4900. The lowest BCUT2D eigenvalue weighted by Crippen LogP contribution is -2.04. The summed E-state index contributed by atoms with van der Waals surface area (Å²) < 4.78 is 504. The van der Waals surface area contributed by atoms with Gasteiger partial charge >= 0.3 is 0 Å². The third-order valence-corrected chi connectivity index (χ3v) is 15.4. The Morgan fingerprint density at radius 3 is 0.245 bits per heavy atom. The largest absolute Gasteiger partial charge is 0.456 e. The summed E-state index contributed by atoms with van der Waals surface area (Å²) >= 11 is 0. The number of furan rings is 6. The minimum atomic E-state index is -2.98. The smallest absolute Gasteiger partial charge is 0.200 e. The third-order valence-electron chi connectivity index (χ3n) is 15.4. The Labute approximate surface area is 538 Å². The minimum absolute atomic E-state index is 0.224. The molecule has 0 N–H and O–H groups in total. The van der Waals surface area contributed by atoms with Crippen LogP contribution in [0.25, 0.3) is 134 Å². The normalized spacial score (nSPS) is 11.8. The summed E-state index contributed by atoms with van der Waals surface area (Å²) in [5, 5.41) is 0. The highest BCUT2D eigenvalue weighted by Gasteiger charge is 2.38. The van der Waals surface area contributed by atoms with Crippen molar-refractivity contribution in [2.45, 2.75) is 0 Å². The lowest BCUT2D eigenvalue weighted by Gasteiger charge is -2.10. The number of benzene rings is 6. The first kappa shape index (κ1) is 68.6. The number of hydrogen-bond acceptors (Lipinski definition) is 6. The van der Waals surface area contributed by atoms with Crippen LogP contribution >= 0.6 is 0 Å². The van der Waals surface area contributed by atoms with E-state index in [0.717, 1.165) is 0 Å². The second-order valence-electron chi connectivity index (χ2n) is 20.9. The molecule has 13 rings (SSSR count). The Hall–Kier alpha value is -11.9. The number of fused-ring (bicyclic) bond motifs is 12. The topological polar surface area (TPSA) is 78.8 Å². The van der Waals surface area contributed by atoms with Crippen LogP contribution in [0.3, 0.4) is 0 Å². The van der Waals surface area contributed by atoms with Crippen molar-refractivity contribution in [3.63, 3.8) is 0 Å². The fourth-order valence-electron chi connectivity index (χ4n) is 10.8. The maximum absolute atomic E-state index is 16.4. The van der Waals surface area contributed by atoms with Crippen molar-refractivity contribution in [1.29, 1.82) is 0 Å². The second-order valence-corrected chi connectivity index (χ2v) is 20.9. The molecule has 0 amide bonds. The van der Waals surface area contributed by atoms with E-state index < -0.39 is 308 Å². The van der Waals surface area contributed by atoms with Crippen LogP contribution in [-0.2, 0) is 0 Å². The zero-order valence-corrected chi connectivity index (χ0v) is 47.7. The summed E-state index contributed by atoms with van der Waals surface area (Å²) in [5.74, 6) is -88.1. The van der Waals surface area contributed by atoms with Gasteiger partial charge in [-0.2, -0.15) is 0 Å². The monoisotopic (exact) mass is 1470 g/mol. The highest BCUT2D eigenvalue weighted by molar-refractivity contribution is 6.01. The maximum atomic E-state index is 16.4. The molecule has 12 bridgehead atoms. The lowest BCUT2D eigenvalue weighted by atomic mass is 10.0. The molecule has 102 heavy (non-hydrogen) atoms. The van der Waals surface area contributed by atoms with Gasteiger partial charge in [-0.05, 0) is 72.8 Å². The highest BCUT2D eigenvalue weighted by Crippen LogP contribution is 2.49. The van der Waals surface area contributed by atoms with Gasteiger partial charge in [0.25, 0.3) is 0 Å². The standard InChI is InChI=1S/C66H12F30O6/c67-37-31(38(68)50(80)61(91)49(37)79)25-13-1-2-14(97-13)26(32-39(69)51(81)62(92)52(82)40(32)70)16-5-6-18(99-16)28(34-43(73)55(85)64(94)56(86)44(34)74)20-9-10-22(101-20)30(36-47(77)59(89)66(96)60(90)48(36)78)24-12-11-23(102-24)29(35-45(75)57(87)65(95)58(88)46(35)76)21-8-7-19(100-21)27(17-4-3-15(25)98-17)33-41(71)53(83)63(93)54(84)42(33)72/h1-12H. The maximum Gasteiger partial charge on any atom is 0.200 e. The molecule has 6 nitrogen and oxygen atoms in total. The SMILES string of the molecule is Fc1c(F)c(F)c(-c2c3ccc(o3)c(-c3c(F)c(F)c(F)c(F)c3F)c3ccc(o3)c(-c3c(F)c(F)c(F)c(F)c3F)c3ccc(o3)c(-c3c(F)c(F)c(F)c(F)c3F)c3ccc(o3)c(-c3c(F)c(F)c(F)c(F)c3F)c3ccc(o3)c(-c3c(F)c(F)c(F)c(F)c3F)c3ccc2o3)c(F)c1F. The molecule has 0 radical (unpaired) electrons. The van der Waals surface area contributed by atoms with Gasteiger partial charge in [0, 0.05) is 0 Å². The van der Waals surface area contributed by atoms with Gasteiger partial charge in [-0.1, -0.05) is 0 Å².